The van der Waals surface area contributed by atoms with Gasteiger partial charge in [-0.3, -0.25) is 4.68 Å². The smallest absolute Gasteiger partial charge is 0.152 e. The number of hydrogen-bond acceptors (Lipinski definition) is 4. The molecule has 1 aliphatic rings. The van der Waals surface area contributed by atoms with Gasteiger partial charge >= 0.3 is 0 Å². The molecule has 6 nitrogen and oxygen atoms in total. The summed E-state index contributed by atoms with van der Waals surface area (Å²) in [6, 6.07) is 9.82. The normalized spacial score (nSPS) is 20.2. The van der Waals surface area contributed by atoms with E-state index >= 15 is 0 Å². The minimum Gasteiger partial charge on any atom is -0.488 e. The molecule has 0 spiro atoms. The molecule has 1 N–H and O–H groups in total. The van der Waals surface area contributed by atoms with Crippen molar-refractivity contribution in [2.45, 2.75) is 32.9 Å². The minimum absolute atomic E-state index is 0.0193. The molecule has 1 aromatic carbocycles. The molecule has 0 amide bonds. The number of rotatable bonds is 7. The highest BCUT2D eigenvalue weighted by Gasteiger charge is 2.31. The van der Waals surface area contributed by atoms with Gasteiger partial charge in [-0.1, -0.05) is 18.2 Å². The predicted molar refractivity (Wildman–Crippen MR) is 101 cm³/mol. The van der Waals surface area contributed by atoms with Crippen LogP contribution in [0.4, 0.5) is 0 Å². The van der Waals surface area contributed by atoms with E-state index in [-0.39, 0.29) is 17.5 Å². The van der Waals surface area contributed by atoms with Crippen LogP contribution in [0.3, 0.4) is 0 Å². The van der Waals surface area contributed by atoms with Crippen molar-refractivity contribution in [1.82, 2.24) is 9.78 Å². The number of likely N-dealkylation sites (N-methyl/N-ethyl adjacent to an activating group) is 1. The van der Waals surface area contributed by atoms with Crippen molar-refractivity contribution in [3.8, 4) is 5.75 Å². The van der Waals surface area contributed by atoms with E-state index < -0.39 is 9.84 Å². The van der Waals surface area contributed by atoms with E-state index in [1.807, 2.05) is 48.9 Å². The van der Waals surface area contributed by atoms with Crippen LogP contribution in [0.2, 0.25) is 0 Å². The third-order valence-corrected chi connectivity index (χ3v) is 6.80. The lowest BCUT2D eigenvalue weighted by Crippen LogP contribution is -3.08. The largest absolute Gasteiger partial charge is 0.488 e. The van der Waals surface area contributed by atoms with Gasteiger partial charge in [-0.25, -0.2) is 8.42 Å². The summed E-state index contributed by atoms with van der Waals surface area (Å²) in [5, 5.41) is 4.65. The van der Waals surface area contributed by atoms with E-state index in [1.165, 1.54) is 10.5 Å². The fourth-order valence-electron chi connectivity index (χ4n) is 3.53. The first-order valence-corrected chi connectivity index (χ1v) is 10.9. The molecule has 26 heavy (non-hydrogen) atoms. The highest BCUT2D eigenvalue weighted by atomic mass is 32.2. The molecule has 0 bridgehead atoms. The summed E-state index contributed by atoms with van der Waals surface area (Å²) in [6.07, 6.45) is 0.664. The van der Waals surface area contributed by atoms with Crippen molar-refractivity contribution >= 4 is 9.84 Å². The molecule has 1 saturated heterocycles. The van der Waals surface area contributed by atoms with E-state index in [4.69, 9.17) is 4.74 Å². The van der Waals surface area contributed by atoms with Gasteiger partial charge < -0.3 is 9.64 Å². The Balaban J connectivity index is 1.59. The summed E-state index contributed by atoms with van der Waals surface area (Å²) in [6.45, 7) is 6.46. The first kappa shape index (κ1) is 18.9. The molecule has 2 aromatic rings. The first-order chi connectivity index (χ1) is 12.4. The Labute approximate surface area is 155 Å². The molecule has 1 unspecified atom stereocenters. The van der Waals surface area contributed by atoms with Crippen LogP contribution >= 0.6 is 0 Å². The second-order valence-electron chi connectivity index (χ2n) is 7.20. The maximum absolute atomic E-state index is 11.8. The summed E-state index contributed by atoms with van der Waals surface area (Å²) in [5.41, 5.74) is 3.30. The molecule has 142 valence electrons. The van der Waals surface area contributed by atoms with Gasteiger partial charge in [0.05, 0.1) is 35.9 Å². The van der Waals surface area contributed by atoms with E-state index in [0.29, 0.717) is 13.0 Å². The third-order valence-electron chi connectivity index (χ3n) is 5.05. The lowest BCUT2D eigenvalue weighted by molar-refractivity contribution is -0.893. The van der Waals surface area contributed by atoms with E-state index in [1.54, 1.807) is 0 Å². The van der Waals surface area contributed by atoms with Crippen molar-refractivity contribution in [3.05, 3.63) is 47.3 Å². The van der Waals surface area contributed by atoms with Gasteiger partial charge in [0.15, 0.2) is 9.84 Å². The molecule has 1 aromatic heterocycles. The van der Waals surface area contributed by atoms with Crippen molar-refractivity contribution in [3.63, 3.8) is 0 Å². The maximum Gasteiger partial charge on any atom is 0.152 e. The van der Waals surface area contributed by atoms with Crippen LogP contribution in [-0.4, -0.2) is 49.9 Å². The molecule has 1 fully saturated rings. The van der Waals surface area contributed by atoms with E-state index in [0.717, 1.165) is 30.2 Å². The number of benzene rings is 1. The van der Waals surface area contributed by atoms with Crippen molar-refractivity contribution in [1.29, 1.82) is 0 Å². The Kier molecular flexibility index (Phi) is 5.67. The minimum atomic E-state index is -2.91. The molecule has 7 heteroatoms. The monoisotopic (exact) mass is 378 g/mol. The Hall–Kier alpha value is -1.86. The zero-order chi connectivity index (χ0) is 18.7. The fraction of sp³-hybridized carbons (Fsp3) is 0.526. The Morgan fingerprint density at radius 3 is 2.65 bits per heavy atom. The van der Waals surface area contributed by atoms with Gasteiger partial charge in [0.2, 0.25) is 0 Å². The number of quaternary nitrogens is 1. The van der Waals surface area contributed by atoms with Gasteiger partial charge in [-0.2, -0.15) is 5.10 Å². The van der Waals surface area contributed by atoms with Gasteiger partial charge in [-0.15, -0.1) is 0 Å². The third kappa shape index (κ3) is 4.45. The molecule has 2 atom stereocenters. The van der Waals surface area contributed by atoms with E-state index in [2.05, 4.69) is 12.1 Å². The van der Waals surface area contributed by atoms with Gasteiger partial charge in [0.25, 0.3) is 0 Å². The number of ether oxygens (including phenoxy) is 1. The zero-order valence-electron chi connectivity index (χ0n) is 15.7. The molecule has 2 heterocycles. The van der Waals surface area contributed by atoms with Crippen LogP contribution in [0.15, 0.2) is 30.3 Å². The topological polar surface area (TPSA) is 65.6 Å². The standard InChI is InChI=1S/C19H27N3O3S/c1-15-19(13-21(3)10-11-25-18-7-5-4-6-8-18)16(2)22(20-15)17-9-12-26(23,24)14-17/h4-8,17H,9-14H2,1-3H3/p+1/t17-/m1/s1. The van der Waals surface area contributed by atoms with Crippen molar-refractivity contribution < 1.29 is 18.1 Å². The highest BCUT2D eigenvalue weighted by molar-refractivity contribution is 7.91. The zero-order valence-corrected chi connectivity index (χ0v) is 16.6. The lowest BCUT2D eigenvalue weighted by atomic mass is 10.1. The summed E-state index contributed by atoms with van der Waals surface area (Å²) in [4.78, 5) is 1.34. The highest BCUT2D eigenvalue weighted by Crippen LogP contribution is 2.26. The average Bonchev–Trinajstić information content (AvgIpc) is 3.09. The number of sulfone groups is 1. The van der Waals surface area contributed by atoms with Gasteiger partial charge in [0.1, 0.15) is 25.4 Å². The lowest BCUT2D eigenvalue weighted by Gasteiger charge is -2.16. The summed E-state index contributed by atoms with van der Waals surface area (Å²) in [7, 11) is -0.765. The van der Waals surface area contributed by atoms with Crippen LogP contribution in [0.5, 0.6) is 5.75 Å². The molecular weight excluding hydrogens is 350 g/mol. The summed E-state index contributed by atoms with van der Waals surface area (Å²) >= 11 is 0. The summed E-state index contributed by atoms with van der Waals surface area (Å²) < 4.78 is 31.3. The Morgan fingerprint density at radius 1 is 1.27 bits per heavy atom. The number of nitrogens with one attached hydrogen (secondary N) is 1. The van der Waals surface area contributed by atoms with Crippen LogP contribution < -0.4 is 9.64 Å². The molecular formula is C19H28N3O3S+. The average molecular weight is 379 g/mol. The second kappa shape index (κ2) is 7.80. The van der Waals surface area contributed by atoms with Crippen LogP contribution in [-0.2, 0) is 16.4 Å². The van der Waals surface area contributed by atoms with E-state index in [9.17, 15) is 8.42 Å². The SMILES string of the molecule is Cc1nn([C@@H]2CCS(=O)(=O)C2)c(C)c1C[NH+](C)CCOc1ccccc1. The molecule has 3 rings (SSSR count). The second-order valence-corrected chi connectivity index (χ2v) is 9.42. The number of hydrogen-bond donors (Lipinski definition) is 1. The molecule has 1 aliphatic heterocycles. The number of aromatic nitrogens is 2. The Morgan fingerprint density at radius 2 is 2.00 bits per heavy atom. The quantitative estimate of drug-likeness (QED) is 0.779. The Bertz CT molecular complexity index is 846. The first-order valence-electron chi connectivity index (χ1n) is 9.10. The molecule has 0 aliphatic carbocycles. The van der Waals surface area contributed by atoms with Crippen LogP contribution in [0, 0.1) is 13.8 Å². The van der Waals surface area contributed by atoms with Gasteiger partial charge in [0, 0.05) is 5.69 Å². The summed E-state index contributed by atoms with van der Waals surface area (Å²) in [5.74, 6) is 1.37. The van der Waals surface area contributed by atoms with Gasteiger partial charge in [-0.05, 0) is 32.4 Å². The van der Waals surface area contributed by atoms with Crippen LogP contribution in [0.25, 0.3) is 0 Å². The molecule has 0 radical (unpaired) electrons. The fourth-order valence-corrected chi connectivity index (χ4v) is 5.22. The van der Waals surface area contributed by atoms with Crippen LogP contribution in [0.1, 0.15) is 29.4 Å². The van der Waals surface area contributed by atoms with Crippen molar-refractivity contribution in [2.24, 2.45) is 0 Å². The van der Waals surface area contributed by atoms with Crippen molar-refractivity contribution in [2.75, 3.05) is 31.7 Å². The molecule has 0 saturated carbocycles. The number of aryl methyl sites for hydroxylation is 1. The number of para-hydroxylation sites is 1. The number of nitrogens with zero attached hydrogens (tertiary/aromatic N) is 2. The maximum atomic E-state index is 11.8. The predicted octanol–water partition coefficient (Wildman–Crippen LogP) is 0.953.